The summed E-state index contributed by atoms with van der Waals surface area (Å²) >= 11 is 5.57. The molecule has 6 heteroatoms. The first-order valence-electron chi connectivity index (χ1n) is 5.70. The maximum absolute atomic E-state index is 5.66. The summed E-state index contributed by atoms with van der Waals surface area (Å²) in [6.07, 6.45) is 0. The molecule has 0 atom stereocenters. The molecule has 0 saturated heterocycles. The Hall–Kier alpha value is -2.06. The van der Waals surface area contributed by atoms with Crippen molar-refractivity contribution in [3.8, 4) is 17.6 Å². The molecule has 1 aromatic carbocycles. The van der Waals surface area contributed by atoms with Crippen molar-refractivity contribution >= 4 is 11.6 Å². The number of aromatic nitrogens is 4. The van der Waals surface area contributed by atoms with Gasteiger partial charge in [-0.15, -0.1) is 21.8 Å². The fourth-order valence-electron chi connectivity index (χ4n) is 1.52. The summed E-state index contributed by atoms with van der Waals surface area (Å²) in [6.45, 7) is 2.26. The number of tetrazole rings is 1. The van der Waals surface area contributed by atoms with Gasteiger partial charge in [0.05, 0.1) is 18.5 Å². The quantitative estimate of drug-likeness (QED) is 0.632. The molecule has 2 rings (SSSR count). The molecule has 0 amide bonds. The van der Waals surface area contributed by atoms with Crippen molar-refractivity contribution in [1.29, 1.82) is 0 Å². The zero-order chi connectivity index (χ0) is 13.7. The zero-order valence-electron chi connectivity index (χ0n) is 10.7. The van der Waals surface area contributed by atoms with E-state index in [1.807, 2.05) is 25.1 Å². The van der Waals surface area contributed by atoms with Gasteiger partial charge in [-0.3, -0.25) is 0 Å². The molecule has 0 N–H and O–H groups in total. The van der Waals surface area contributed by atoms with Crippen molar-refractivity contribution < 1.29 is 4.74 Å². The summed E-state index contributed by atoms with van der Waals surface area (Å²) in [4.78, 5) is 1.39. The highest BCUT2D eigenvalue weighted by Crippen LogP contribution is 2.19. The lowest BCUT2D eigenvalue weighted by atomic mass is 10.1. The smallest absolute Gasteiger partial charge is 0.212 e. The van der Waals surface area contributed by atoms with Crippen LogP contribution >= 0.6 is 11.6 Å². The molecule has 0 aliphatic rings. The van der Waals surface area contributed by atoms with Crippen molar-refractivity contribution in [1.82, 2.24) is 20.2 Å². The van der Waals surface area contributed by atoms with Gasteiger partial charge in [0.25, 0.3) is 0 Å². The lowest BCUT2D eigenvalue weighted by molar-refractivity contribution is 0.294. The molecular formula is C13H13ClN4O. The second kappa shape index (κ2) is 6.21. The molecular weight excluding hydrogens is 264 g/mol. The van der Waals surface area contributed by atoms with E-state index in [4.69, 9.17) is 16.3 Å². The average molecular weight is 277 g/mol. The van der Waals surface area contributed by atoms with Gasteiger partial charge < -0.3 is 4.74 Å². The Morgan fingerprint density at radius 3 is 2.95 bits per heavy atom. The maximum atomic E-state index is 5.66. The van der Waals surface area contributed by atoms with Crippen LogP contribution in [-0.2, 0) is 13.7 Å². The van der Waals surface area contributed by atoms with Crippen LogP contribution in [-0.4, -0.2) is 26.1 Å². The maximum Gasteiger partial charge on any atom is 0.212 e. The number of alkyl halides is 1. The largest absolute Gasteiger partial charge is 0.484 e. The van der Waals surface area contributed by atoms with Gasteiger partial charge in [0.15, 0.2) is 6.61 Å². The van der Waals surface area contributed by atoms with Gasteiger partial charge in [-0.1, -0.05) is 17.9 Å². The van der Waals surface area contributed by atoms with Crippen LogP contribution in [0.25, 0.3) is 0 Å². The number of nitrogens with zero attached hydrogens (tertiary/aromatic N) is 4. The van der Waals surface area contributed by atoms with Crippen LogP contribution < -0.4 is 4.74 Å². The monoisotopic (exact) mass is 276 g/mol. The van der Waals surface area contributed by atoms with Crippen molar-refractivity contribution in [2.45, 2.75) is 13.5 Å². The molecule has 19 heavy (non-hydrogen) atoms. The highest BCUT2D eigenvalue weighted by molar-refractivity contribution is 6.19. The summed E-state index contributed by atoms with van der Waals surface area (Å²) in [5.41, 5.74) is 1.92. The van der Waals surface area contributed by atoms with Crippen LogP contribution in [0, 0.1) is 18.8 Å². The summed E-state index contributed by atoms with van der Waals surface area (Å²) in [5.74, 6) is 7.31. The van der Waals surface area contributed by atoms with Gasteiger partial charge in [-0.25, -0.2) is 0 Å². The van der Waals surface area contributed by atoms with Gasteiger partial charge in [0.1, 0.15) is 5.75 Å². The number of hydrogen-bond donors (Lipinski definition) is 0. The second-order valence-electron chi connectivity index (χ2n) is 3.92. The molecule has 0 saturated carbocycles. The van der Waals surface area contributed by atoms with Crippen LogP contribution in [0.3, 0.4) is 0 Å². The van der Waals surface area contributed by atoms with Crippen LogP contribution in [0.15, 0.2) is 18.2 Å². The molecule has 0 unspecified atom stereocenters. The first-order valence-corrected chi connectivity index (χ1v) is 6.23. The number of hydrogen-bond acceptors (Lipinski definition) is 4. The third-order valence-electron chi connectivity index (χ3n) is 2.33. The molecule has 0 aliphatic carbocycles. The van der Waals surface area contributed by atoms with Gasteiger partial charge in [0.2, 0.25) is 5.82 Å². The minimum absolute atomic E-state index is 0.256. The summed E-state index contributed by atoms with van der Waals surface area (Å²) in [6, 6.07) is 5.80. The highest BCUT2D eigenvalue weighted by atomic mass is 35.5. The molecule has 1 heterocycles. The second-order valence-corrected chi connectivity index (χ2v) is 4.19. The van der Waals surface area contributed by atoms with E-state index >= 15 is 0 Å². The molecule has 2 aromatic rings. The van der Waals surface area contributed by atoms with Crippen LogP contribution in [0.1, 0.15) is 17.0 Å². The first kappa shape index (κ1) is 13.4. The molecule has 0 bridgehead atoms. The summed E-state index contributed by atoms with van der Waals surface area (Å²) in [5, 5.41) is 11.7. The SMILES string of the molecule is Cc1ccc(OCc2nnn(C)n2)c(C#CCCl)c1. The van der Waals surface area contributed by atoms with Crippen molar-refractivity contribution in [2.24, 2.45) is 7.05 Å². The molecule has 5 nitrogen and oxygen atoms in total. The van der Waals surface area contributed by atoms with Gasteiger partial charge in [-0.05, 0) is 29.8 Å². The Morgan fingerprint density at radius 1 is 1.42 bits per heavy atom. The summed E-state index contributed by atoms with van der Waals surface area (Å²) in [7, 11) is 1.71. The normalized spacial score (nSPS) is 9.84. The molecule has 0 fully saturated rings. The van der Waals surface area contributed by atoms with E-state index in [1.54, 1.807) is 7.05 Å². The van der Waals surface area contributed by atoms with Crippen molar-refractivity contribution in [3.63, 3.8) is 0 Å². The van der Waals surface area contributed by atoms with E-state index in [2.05, 4.69) is 27.3 Å². The fourth-order valence-corrected chi connectivity index (χ4v) is 1.59. The third kappa shape index (κ3) is 3.70. The number of benzene rings is 1. The molecule has 0 radical (unpaired) electrons. The molecule has 98 valence electrons. The number of ether oxygens (including phenoxy) is 1. The number of rotatable bonds is 3. The van der Waals surface area contributed by atoms with E-state index in [9.17, 15) is 0 Å². The van der Waals surface area contributed by atoms with E-state index in [1.165, 1.54) is 4.80 Å². The van der Waals surface area contributed by atoms with Crippen LogP contribution in [0.5, 0.6) is 5.75 Å². The van der Waals surface area contributed by atoms with E-state index in [0.29, 0.717) is 17.5 Å². The minimum atomic E-state index is 0.256. The molecule has 0 aliphatic heterocycles. The van der Waals surface area contributed by atoms with Crippen molar-refractivity contribution in [3.05, 3.63) is 35.2 Å². The predicted molar refractivity (Wildman–Crippen MR) is 71.9 cm³/mol. The highest BCUT2D eigenvalue weighted by Gasteiger charge is 2.05. The molecule has 0 spiro atoms. The standard InChI is InChI=1S/C13H13ClN4O/c1-10-5-6-12(11(8-10)4-3-7-14)19-9-13-15-17-18(2)16-13/h5-6,8H,7,9H2,1-2H3. The van der Waals surface area contributed by atoms with Gasteiger partial charge in [-0.2, -0.15) is 4.80 Å². The fraction of sp³-hybridized carbons (Fsp3) is 0.308. The van der Waals surface area contributed by atoms with E-state index in [-0.39, 0.29) is 6.61 Å². The minimum Gasteiger partial charge on any atom is -0.484 e. The Morgan fingerprint density at radius 2 is 2.26 bits per heavy atom. The van der Waals surface area contributed by atoms with Gasteiger partial charge >= 0.3 is 0 Å². The first-order chi connectivity index (χ1) is 9.19. The average Bonchev–Trinajstić information content (AvgIpc) is 2.81. The van der Waals surface area contributed by atoms with Gasteiger partial charge in [0, 0.05) is 0 Å². The predicted octanol–water partition coefficient (Wildman–Crippen LogP) is 1.69. The number of aryl methyl sites for hydroxylation is 2. The van der Waals surface area contributed by atoms with Crippen molar-refractivity contribution in [2.75, 3.05) is 5.88 Å². The Balaban J connectivity index is 2.15. The van der Waals surface area contributed by atoms with E-state index < -0.39 is 0 Å². The lowest BCUT2D eigenvalue weighted by Gasteiger charge is -2.06. The Labute approximate surface area is 116 Å². The lowest BCUT2D eigenvalue weighted by Crippen LogP contribution is -2.00. The topological polar surface area (TPSA) is 52.8 Å². The van der Waals surface area contributed by atoms with Crippen LogP contribution in [0.2, 0.25) is 0 Å². The Bertz CT molecular complexity index is 627. The molecule has 1 aromatic heterocycles. The number of halogens is 1. The summed E-state index contributed by atoms with van der Waals surface area (Å²) < 4.78 is 5.66. The zero-order valence-corrected chi connectivity index (χ0v) is 11.5. The Kier molecular flexibility index (Phi) is 4.37. The van der Waals surface area contributed by atoms with Crippen LogP contribution in [0.4, 0.5) is 0 Å². The van der Waals surface area contributed by atoms with E-state index in [0.717, 1.165) is 11.1 Å². The third-order valence-corrected chi connectivity index (χ3v) is 2.47.